The maximum atomic E-state index is 12.0. The molecule has 1 saturated carbocycles. The molecule has 1 fully saturated rings. The Bertz CT molecular complexity index is 479. The first-order valence-corrected chi connectivity index (χ1v) is 10.1. The zero-order valence-electron chi connectivity index (χ0n) is 14.4. The van der Waals surface area contributed by atoms with Crippen LogP contribution in [0.2, 0.25) is 0 Å². The maximum absolute atomic E-state index is 12.0. The second kappa shape index (κ2) is 8.84. The molecule has 0 aromatic heterocycles. The van der Waals surface area contributed by atoms with Gasteiger partial charge >= 0.3 is 6.03 Å². The fourth-order valence-electron chi connectivity index (χ4n) is 2.79. The molecule has 8 heteroatoms. The number of nitrogens with one attached hydrogen (secondary N) is 3. The summed E-state index contributed by atoms with van der Waals surface area (Å²) in [6.45, 7) is 4.62. The van der Waals surface area contributed by atoms with E-state index in [4.69, 9.17) is 0 Å². The Morgan fingerprint density at radius 1 is 1.22 bits per heavy atom. The lowest BCUT2D eigenvalue weighted by atomic mass is 9.89. The molecule has 0 aromatic carbocycles. The molecule has 23 heavy (non-hydrogen) atoms. The van der Waals surface area contributed by atoms with Gasteiger partial charge in [-0.25, -0.2) is 17.9 Å². The minimum Gasteiger partial charge on any atom is -0.396 e. The Hall–Kier alpha value is -0.860. The molecule has 0 bridgehead atoms. The third-order valence-corrected chi connectivity index (χ3v) is 4.92. The Balaban J connectivity index is 2.36. The molecule has 0 spiro atoms. The van der Waals surface area contributed by atoms with Gasteiger partial charge in [-0.1, -0.05) is 26.7 Å². The fraction of sp³-hybridized carbons (Fsp3) is 0.933. The summed E-state index contributed by atoms with van der Waals surface area (Å²) >= 11 is 0. The first-order chi connectivity index (χ1) is 10.6. The quantitative estimate of drug-likeness (QED) is 0.489. The van der Waals surface area contributed by atoms with Crippen LogP contribution in [-0.2, 0) is 10.0 Å². The van der Waals surface area contributed by atoms with Crippen molar-refractivity contribution >= 4 is 16.1 Å². The molecule has 0 saturated heterocycles. The number of urea groups is 1. The number of rotatable bonds is 8. The van der Waals surface area contributed by atoms with Gasteiger partial charge in [0.1, 0.15) is 0 Å². The SMILES string of the molecule is CC(C)(CO)CCCNC(=O)NC1CCCCC1NS(C)(=O)=O. The molecule has 0 radical (unpaired) electrons. The van der Waals surface area contributed by atoms with E-state index in [1.54, 1.807) is 0 Å². The summed E-state index contributed by atoms with van der Waals surface area (Å²) in [6.07, 6.45) is 6.21. The Kier molecular flexibility index (Phi) is 7.76. The molecule has 2 amide bonds. The summed E-state index contributed by atoms with van der Waals surface area (Å²) in [6, 6.07) is -0.677. The number of aliphatic hydroxyl groups is 1. The Morgan fingerprint density at radius 2 is 1.83 bits per heavy atom. The van der Waals surface area contributed by atoms with E-state index < -0.39 is 10.0 Å². The molecule has 2 unspecified atom stereocenters. The molecule has 0 aliphatic heterocycles. The first-order valence-electron chi connectivity index (χ1n) is 8.25. The van der Waals surface area contributed by atoms with E-state index in [1.165, 1.54) is 0 Å². The summed E-state index contributed by atoms with van der Waals surface area (Å²) in [5.74, 6) is 0. The molecule has 1 aliphatic rings. The van der Waals surface area contributed by atoms with Crippen LogP contribution in [0.3, 0.4) is 0 Å². The lowest BCUT2D eigenvalue weighted by molar-refractivity contribution is 0.148. The zero-order valence-corrected chi connectivity index (χ0v) is 15.2. The number of amides is 2. The number of hydrogen-bond acceptors (Lipinski definition) is 4. The first kappa shape index (κ1) is 20.2. The van der Waals surface area contributed by atoms with Crippen molar-refractivity contribution in [3.05, 3.63) is 0 Å². The van der Waals surface area contributed by atoms with Crippen LogP contribution < -0.4 is 15.4 Å². The third-order valence-electron chi connectivity index (χ3n) is 4.19. The highest BCUT2D eigenvalue weighted by molar-refractivity contribution is 7.88. The average molecular weight is 349 g/mol. The number of aliphatic hydroxyl groups excluding tert-OH is 1. The number of hydrogen-bond donors (Lipinski definition) is 4. The van der Waals surface area contributed by atoms with E-state index in [2.05, 4.69) is 15.4 Å². The van der Waals surface area contributed by atoms with Gasteiger partial charge in [-0.2, -0.15) is 0 Å². The summed E-state index contributed by atoms with van der Waals surface area (Å²) in [7, 11) is -3.28. The van der Waals surface area contributed by atoms with E-state index >= 15 is 0 Å². The lowest BCUT2D eigenvalue weighted by Crippen LogP contribution is -2.55. The van der Waals surface area contributed by atoms with Crippen LogP contribution in [0.15, 0.2) is 0 Å². The van der Waals surface area contributed by atoms with Gasteiger partial charge in [0.05, 0.1) is 6.26 Å². The Labute approximate surface area is 139 Å². The second-order valence-corrected chi connectivity index (χ2v) is 8.99. The molecule has 1 rings (SSSR count). The smallest absolute Gasteiger partial charge is 0.315 e. The van der Waals surface area contributed by atoms with Gasteiger partial charge < -0.3 is 15.7 Å². The highest BCUT2D eigenvalue weighted by Crippen LogP contribution is 2.21. The van der Waals surface area contributed by atoms with Gasteiger partial charge in [0.15, 0.2) is 0 Å². The fourth-order valence-corrected chi connectivity index (χ4v) is 3.62. The molecule has 4 N–H and O–H groups in total. The number of carbonyl (C=O) groups is 1. The van der Waals surface area contributed by atoms with Gasteiger partial charge in [0, 0.05) is 25.2 Å². The van der Waals surface area contributed by atoms with E-state index in [0.717, 1.165) is 44.8 Å². The predicted octanol–water partition coefficient (Wildman–Crippen LogP) is 0.945. The van der Waals surface area contributed by atoms with Gasteiger partial charge in [0.2, 0.25) is 10.0 Å². The summed E-state index contributed by atoms with van der Waals surface area (Å²) in [4.78, 5) is 12.0. The number of sulfonamides is 1. The highest BCUT2D eigenvalue weighted by Gasteiger charge is 2.28. The van der Waals surface area contributed by atoms with Gasteiger partial charge in [-0.15, -0.1) is 0 Å². The van der Waals surface area contributed by atoms with Crippen LogP contribution in [-0.4, -0.2) is 51.0 Å². The van der Waals surface area contributed by atoms with Crippen LogP contribution in [0, 0.1) is 5.41 Å². The monoisotopic (exact) mass is 349 g/mol. The molecular formula is C15H31N3O4S. The van der Waals surface area contributed by atoms with E-state index in [0.29, 0.717) is 6.54 Å². The normalized spacial score (nSPS) is 22.6. The van der Waals surface area contributed by atoms with Crippen LogP contribution in [0.1, 0.15) is 52.4 Å². The van der Waals surface area contributed by atoms with Crippen molar-refractivity contribution in [3.63, 3.8) is 0 Å². The highest BCUT2D eigenvalue weighted by atomic mass is 32.2. The number of carbonyl (C=O) groups excluding carboxylic acids is 1. The van der Waals surface area contributed by atoms with Crippen molar-refractivity contribution in [2.75, 3.05) is 19.4 Å². The third kappa shape index (κ3) is 8.53. The standard InChI is InChI=1S/C15H31N3O4S/c1-15(2,11-19)9-6-10-16-14(20)17-12-7-4-5-8-13(12)18-23(3,21)22/h12-13,18-19H,4-11H2,1-3H3,(H2,16,17,20). The molecule has 7 nitrogen and oxygen atoms in total. The van der Waals surface area contributed by atoms with Gasteiger partial charge in [-0.05, 0) is 31.1 Å². The van der Waals surface area contributed by atoms with Crippen molar-refractivity contribution in [3.8, 4) is 0 Å². The van der Waals surface area contributed by atoms with Crippen LogP contribution in [0.5, 0.6) is 0 Å². The minimum absolute atomic E-state index is 0.125. The maximum Gasteiger partial charge on any atom is 0.315 e. The average Bonchev–Trinajstić information content (AvgIpc) is 2.44. The van der Waals surface area contributed by atoms with Crippen molar-refractivity contribution in [1.82, 2.24) is 15.4 Å². The minimum atomic E-state index is -3.28. The van der Waals surface area contributed by atoms with Crippen molar-refractivity contribution in [2.45, 2.75) is 64.5 Å². The molecule has 1 aliphatic carbocycles. The summed E-state index contributed by atoms with van der Waals surface area (Å²) < 4.78 is 25.4. The van der Waals surface area contributed by atoms with E-state index in [-0.39, 0.29) is 30.1 Å². The molecule has 2 atom stereocenters. The molecule has 0 heterocycles. The van der Waals surface area contributed by atoms with E-state index in [1.807, 2.05) is 13.8 Å². The van der Waals surface area contributed by atoms with Crippen molar-refractivity contribution in [1.29, 1.82) is 0 Å². The Morgan fingerprint density at radius 3 is 2.39 bits per heavy atom. The molecule has 136 valence electrons. The summed E-state index contributed by atoms with van der Waals surface area (Å²) in [5.41, 5.74) is -0.133. The van der Waals surface area contributed by atoms with Crippen LogP contribution in [0.4, 0.5) is 4.79 Å². The van der Waals surface area contributed by atoms with E-state index in [9.17, 15) is 18.3 Å². The largest absolute Gasteiger partial charge is 0.396 e. The second-order valence-electron chi connectivity index (χ2n) is 7.21. The summed E-state index contributed by atoms with van der Waals surface area (Å²) in [5, 5.41) is 14.9. The van der Waals surface area contributed by atoms with Crippen molar-refractivity contribution < 1.29 is 18.3 Å². The molecular weight excluding hydrogens is 318 g/mol. The van der Waals surface area contributed by atoms with Gasteiger partial charge in [-0.3, -0.25) is 0 Å². The van der Waals surface area contributed by atoms with Gasteiger partial charge in [0.25, 0.3) is 0 Å². The van der Waals surface area contributed by atoms with Crippen LogP contribution >= 0.6 is 0 Å². The van der Waals surface area contributed by atoms with Crippen LogP contribution in [0.25, 0.3) is 0 Å². The van der Waals surface area contributed by atoms with Crippen molar-refractivity contribution in [2.24, 2.45) is 5.41 Å². The lowest BCUT2D eigenvalue weighted by Gasteiger charge is -2.32. The topological polar surface area (TPSA) is 108 Å². The predicted molar refractivity (Wildman–Crippen MR) is 90.7 cm³/mol. The zero-order chi connectivity index (χ0) is 17.5. The molecule has 0 aromatic rings.